The summed E-state index contributed by atoms with van der Waals surface area (Å²) in [6.07, 6.45) is 5.91. The molecule has 0 unspecified atom stereocenters. The maximum Gasteiger partial charge on any atom is 0.145 e. The zero-order valence-corrected chi connectivity index (χ0v) is 6.67. The van der Waals surface area contributed by atoms with Crippen molar-refractivity contribution in [1.82, 2.24) is 0 Å². The summed E-state index contributed by atoms with van der Waals surface area (Å²) >= 11 is 0. The van der Waals surface area contributed by atoms with Crippen LogP contribution in [0.5, 0.6) is 0 Å². The highest BCUT2D eigenvalue weighted by Gasteiger charge is 2.47. The SMILES string of the molecule is COC[C@]12C=C[C@H](CC1=O)C2. The van der Waals surface area contributed by atoms with Gasteiger partial charge in [-0.1, -0.05) is 12.2 Å². The fourth-order valence-electron chi connectivity index (χ4n) is 2.16. The van der Waals surface area contributed by atoms with Gasteiger partial charge in [0.2, 0.25) is 0 Å². The van der Waals surface area contributed by atoms with Crippen molar-refractivity contribution in [3.63, 3.8) is 0 Å². The molecular formula is C9H12O2. The molecule has 0 spiro atoms. The summed E-state index contributed by atoms with van der Waals surface area (Å²) in [6, 6.07) is 0. The number of methoxy groups -OCH3 is 1. The Balaban J connectivity index is 2.23. The van der Waals surface area contributed by atoms with Crippen molar-refractivity contribution in [2.75, 3.05) is 13.7 Å². The highest BCUT2D eigenvalue weighted by Crippen LogP contribution is 2.46. The van der Waals surface area contributed by atoms with Crippen molar-refractivity contribution in [3.8, 4) is 0 Å². The van der Waals surface area contributed by atoms with Crippen LogP contribution in [0, 0.1) is 11.3 Å². The lowest BCUT2D eigenvalue weighted by molar-refractivity contribution is -0.125. The van der Waals surface area contributed by atoms with Gasteiger partial charge in [-0.25, -0.2) is 0 Å². The second-order valence-electron chi connectivity index (χ2n) is 3.54. The Morgan fingerprint density at radius 3 is 3.09 bits per heavy atom. The molecule has 0 radical (unpaired) electrons. The molecule has 60 valence electrons. The summed E-state index contributed by atoms with van der Waals surface area (Å²) in [7, 11) is 1.65. The van der Waals surface area contributed by atoms with Crippen LogP contribution in [-0.2, 0) is 9.53 Å². The molecule has 0 saturated heterocycles. The van der Waals surface area contributed by atoms with E-state index in [1.54, 1.807) is 7.11 Å². The van der Waals surface area contributed by atoms with Gasteiger partial charge in [0.1, 0.15) is 5.78 Å². The molecule has 0 aromatic rings. The Kier molecular flexibility index (Phi) is 1.39. The number of rotatable bonds is 2. The first-order valence-electron chi connectivity index (χ1n) is 3.98. The Labute approximate surface area is 66.2 Å². The predicted molar refractivity (Wildman–Crippen MR) is 41.2 cm³/mol. The fraction of sp³-hybridized carbons (Fsp3) is 0.667. The molecule has 2 heteroatoms. The number of carbonyl (C=O) groups excluding carboxylic acids is 1. The number of Topliss-reactive ketones (excluding diaryl/α,β-unsaturated/α-hetero) is 1. The minimum Gasteiger partial charge on any atom is -0.383 e. The van der Waals surface area contributed by atoms with E-state index < -0.39 is 0 Å². The van der Waals surface area contributed by atoms with Gasteiger partial charge in [-0.15, -0.1) is 0 Å². The lowest BCUT2D eigenvalue weighted by Crippen LogP contribution is -2.27. The van der Waals surface area contributed by atoms with Crippen molar-refractivity contribution < 1.29 is 9.53 Å². The molecule has 0 amide bonds. The summed E-state index contributed by atoms with van der Waals surface area (Å²) in [5.41, 5.74) is -0.223. The van der Waals surface area contributed by atoms with E-state index in [1.165, 1.54) is 0 Å². The normalized spacial score (nSPS) is 40.5. The van der Waals surface area contributed by atoms with Crippen LogP contribution in [0.2, 0.25) is 0 Å². The van der Waals surface area contributed by atoms with Gasteiger partial charge < -0.3 is 4.74 Å². The van der Waals surface area contributed by atoms with Gasteiger partial charge in [0.15, 0.2) is 0 Å². The van der Waals surface area contributed by atoms with E-state index >= 15 is 0 Å². The van der Waals surface area contributed by atoms with Gasteiger partial charge in [0.25, 0.3) is 0 Å². The zero-order valence-electron chi connectivity index (χ0n) is 6.67. The van der Waals surface area contributed by atoms with Crippen LogP contribution in [0.4, 0.5) is 0 Å². The maximum absolute atomic E-state index is 11.4. The van der Waals surface area contributed by atoms with Crippen molar-refractivity contribution in [3.05, 3.63) is 12.2 Å². The number of hydrogen-bond donors (Lipinski definition) is 0. The molecule has 2 aliphatic rings. The Morgan fingerprint density at radius 1 is 1.82 bits per heavy atom. The van der Waals surface area contributed by atoms with Crippen LogP contribution in [-0.4, -0.2) is 19.5 Å². The lowest BCUT2D eigenvalue weighted by atomic mass is 9.88. The van der Waals surface area contributed by atoms with Crippen LogP contribution >= 0.6 is 0 Å². The molecule has 0 aliphatic heterocycles. The first kappa shape index (κ1) is 7.04. The van der Waals surface area contributed by atoms with Crippen molar-refractivity contribution in [1.29, 1.82) is 0 Å². The number of carbonyl (C=O) groups is 1. The van der Waals surface area contributed by atoms with Gasteiger partial charge in [0, 0.05) is 13.5 Å². The Morgan fingerprint density at radius 2 is 2.64 bits per heavy atom. The van der Waals surface area contributed by atoms with Crippen LogP contribution < -0.4 is 0 Å². The van der Waals surface area contributed by atoms with Gasteiger partial charge in [0.05, 0.1) is 12.0 Å². The summed E-state index contributed by atoms with van der Waals surface area (Å²) in [4.78, 5) is 11.4. The molecular weight excluding hydrogens is 140 g/mol. The smallest absolute Gasteiger partial charge is 0.145 e. The van der Waals surface area contributed by atoms with E-state index in [1.807, 2.05) is 6.08 Å². The molecule has 0 N–H and O–H groups in total. The summed E-state index contributed by atoms with van der Waals surface area (Å²) in [6.45, 7) is 0.568. The molecule has 2 nitrogen and oxygen atoms in total. The average molecular weight is 152 g/mol. The number of hydrogen-bond acceptors (Lipinski definition) is 2. The van der Waals surface area contributed by atoms with E-state index in [4.69, 9.17) is 4.74 Å². The highest BCUT2D eigenvalue weighted by atomic mass is 16.5. The van der Waals surface area contributed by atoms with E-state index in [9.17, 15) is 4.79 Å². The number of ether oxygens (including phenoxy) is 1. The molecule has 2 bridgehead atoms. The van der Waals surface area contributed by atoms with Gasteiger partial charge in [-0.2, -0.15) is 0 Å². The predicted octanol–water partition coefficient (Wildman–Crippen LogP) is 1.17. The molecule has 2 atom stereocenters. The highest BCUT2D eigenvalue weighted by molar-refractivity contribution is 5.91. The second kappa shape index (κ2) is 2.18. The number of fused-ring (bicyclic) bond motifs is 2. The van der Waals surface area contributed by atoms with Crippen LogP contribution in [0.3, 0.4) is 0 Å². The van der Waals surface area contributed by atoms with E-state index in [0.29, 0.717) is 18.3 Å². The lowest BCUT2D eigenvalue weighted by Gasteiger charge is -2.19. The summed E-state index contributed by atoms with van der Waals surface area (Å²) < 4.78 is 5.04. The van der Waals surface area contributed by atoms with Crippen molar-refractivity contribution in [2.24, 2.45) is 11.3 Å². The largest absolute Gasteiger partial charge is 0.383 e. The first-order valence-corrected chi connectivity index (χ1v) is 3.98. The molecule has 0 aromatic heterocycles. The van der Waals surface area contributed by atoms with Gasteiger partial charge in [-0.3, -0.25) is 4.79 Å². The van der Waals surface area contributed by atoms with E-state index in [0.717, 1.165) is 12.8 Å². The molecule has 2 aliphatic carbocycles. The van der Waals surface area contributed by atoms with Crippen molar-refractivity contribution in [2.45, 2.75) is 12.8 Å². The molecule has 0 heterocycles. The zero-order chi connectivity index (χ0) is 7.90. The molecule has 1 saturated carbocycles. The first-order chi connectivity index (χ1) is 5.27. The summed E-state index contributed by atoms with van der Waals surface area (Å²) in [5.74, 6) is 0.879. The third kappa shape index (κ3) is 0.857. The fourth-order valence-corrected chi connectivity index (χ4v) is 2.16. The average Bonchev–Trinajstić information content (AvgIpc) is 2.45. The Bertz CT molecular complexity index is 220. The van der Waals surface area contributed by atoms with E-state index in [-0.39, 0.29) is 5.41 Å². The van der Waals surface area contributed by atoms with Gasteiger partial charge in [-0.05, 0) is 12.3 Å². The van der Waals surface area contributed by atoms with Crippen molar-refractivity contribution >= 4 is 5.78 Å². The summed E-state index contributed by atoms with van der Waals surface area (Å²) in [5, 5.41) is 0. The third-order valence-corrected chi connectivity index (χ3v) is 2.72. The van der Waals surface area contributed by atoms with Crippen LogP contribution in [0.15, 0.2) is 12.2 Å². The number of ketones is 1. The monoisotopic (exact) mass is 152 g/mol. The minimum atomic E-state index is -0.223. The maximum atomic E-state index is 11.4. The minimum absolute atomic E-state index is 0.223. The quantitative estimate of drug-likeness (QED) is 0.555. The van der Waals surface area contributed by atoms with Crippen LogP contribution in [0.1, 0.15) is 12.8 Å². The molecule has 11 heavy (non-hydrogen) atoms. The second-order valence-corrected chi connectivity index (χ2v) is 3.54. The molecule has 1 fully saturated rings. The van der Waals surface area contributed by atoms with Crippen LogP contribution in [0.25, 0.3) is 0 Å². The molecule has 2 rings (SSSR count). The Hall–Kier alpha value is -0.630. The molecule has 0 aromatic carbocycles. The van der Waals surface area contributed by atoms with E-state index in [2.05, 4.69) is 6.08 Å². The number of allylic oxidation sites excluding steroid dienone is 1. The topological polar surface area (TPSA) is 26.3 Å². The van der Waals surface area contributed by atoms with Gasteiger partial charge >= 0.3 is 0 Å². The standard InChI is InChI=1S/C9H12O2/c1-11-6-9-3-2-7(5-9)4-8(9)10/h2-3,7H,4-6H2,1H3/t7-,9-/m1/s1. The third-order valence-electron chi connectivity index (χ3n) is 2.72.